The predicted octanol–water partition coefficient (Wildman–Crippen LogP) is 3.15. The van der Waals surface area contributed by atoms with E-state index in [1.165, 1.54) is 0 Å². The van der Waals surface area contributed by atoms with Gasteiger partial charge in [-0.3, -0.25) is 4.79 Å². The SMILES string of the molecule is O=C(c1cccc(Cl)n1)N(Cc1ccccc1)C(CO)C1CC1. The van der Waals surface area contributed by atoms with E-state index in [1.807, 2.05) is 30.3 Å². The number of carbonyl (C=O) groups excluding carboxylic acids is 1. The highest BCUT2D eigenvalue weighted by Gasteiger charge is 2.37. The molecule has 1 atom stereocenters. The summed E-state index contributed by atoms with van der Waals surface area (Å²) < 4.78 is 0. The van der Waals surface area contributed by atoms with E-state index in [-0.39, 0.29) is 18.6 Å². The number of aromatic nitrogens is 1. The minimum atomic E-state index is -0.192. The third kappa shape index (κ3) is 3.89. The van der Waals surface area contributed by atoms with E-state index in [0.29, 0.717) is 23.3 Å². The molecule has 0 aliphatic heterocycles. The highest BCUT2D eigenvalue weighted by Crippen LogP contribution is 2.36. The minimum Gasteiger partial charge on any atom is -0.394 e. The van der Waals surface area contributed by atoms with E-state index in [0.717, 1.165) is 18.4 Å². The second-order valence-electron chi connectivity index (χ2n) is 5.85. The average Bonchev–Trinajstić information content (AvgIpc) is 3.40. The van der Waals surface area contributed by atoms with E-state index in [9.17, 15) is 9.90 Å². The van der Waals surface area contributed by atoms with Crippen molar-refractivity contribution in [3.63, 3.8) is 0 Å². The maximum absolute atomic E-state index is 12.9. The summed E-state index contributed by atoms with van der Waals surface area (Å²) in [6, 6.07) is 14.6. The first-order valence-electron chi connectivity index (χ1n) is 7.77. The Hall–Kier alpha value is -1.91. The van der Waals surface area contributed by atoms with Crippen molar-refractivity contribution in [2.45, 2.75) is 25.4 Å². The van der Waals surface area contributed by atoms with Crippen molar-refractivity contribution in [1.82, 2.24) is 9.88 Å². The molecule has 1 aromatic heterocycles. The molecule has 120 valence electrons. The number of carbonyl (C=O) groups is 1. The summed E-state index contributed by atoms with van der Waals surface area (Å²) in [7, 11) is 0. The first kappa shape index (κ1) is 16.0. The molecule has 1 N–H and O–H groups in total. The summed E-state index contributed by atoms with van der Waals surface area (Å²) in [6.07, 6.45) is 2.10. The van der Waals surface area contributed by atoms with Crippen LogP contribution in [0.2, 0.25) is 5.15 Å². The van der Waals surface area contributed by atoms with Crippen molar-refractivity contribution in [2.24, 2.45) is 5.92 Å². The Morgan fingerprint density at radius 1 is 1.22 bits per heavy atom. The summed E-state index contributed by atoms with van der Waals surface area (Å²) in [5, 5.41) is 10.1. The van der Waals surface area contributed by atoms with Crippen LogP contribution in [-0.2, 0) is 6.54 Å². The standard InChI is InChI=1S/C18H19ClN2O2/c19-17-8-4-7-15(20-17)18(23)21(16(12-22)14-9-10-14)11-13-5-2-1-3-6-13/h1-8,14,16,22H,9-12H2. The van der Waals surface area contributed by atoms with Gasteiger partial charge in [0.05, 0.1) is 12.6 Å². The molecule has 1 aliphatic rings. The zero-order valence-electron chi connectivity index (χ0n) is 12.7. The fourth-order valence-electron chi connectivity index (χ4n) is 2.78. The number of hydrogen-bond donors (Lipinski definition) is 1. The number of benzene rings is 1. The first-order valence-corrected chi connectivity index (χ1v) is 8.15. The molecule has 0 radical (unpaired) electrons. The largest absolute Gasteiger partial charge is 0.394 e. The lowest BCUT2D eigenvalue weighted by Gasteiger charge is -2.30. The molecule has 1 heterocycles. The third-order valence-corrected chi connectivity index (χ3v) is 4.35. The normalized spacial score (nSPS) is 15.2. The van der Waals surface area contributed by atoms with E-state index >= 15 is 0 Å². The van der Waals surface area contributed by atoms with Crippen molar-refractivity contribution in [1.29, 1.82) is 0 Å². The number of rotatable bonds is 6. The predicted molar refractivity (Wildman–Crippen MR) is 89.2 cm³/mol. The number of amides is 1. The monoisotopic (exact) mass is 330 g/mol. The Morgan fingerprint density at radius 2 is 1.96 bits per heavy atom. The van der Waals surface area contributed by atoms with Gasteiger partial charge in [-0.2, -0.15) is 0 Å². The van der Waals surface area contributed by atoms with Gasteiger partial charge in [-0.15, -0.1) is 0 Å². The molecule has 0 bridgehead atoms. The second-order valence-corrected chi connectivity index (χ2v) is 6.24. The van der Waals surface area contributed by atoms with Gasteiger partial charge in [0.1, 0.15) is 10.8 Å². The number of halogens is 1. The van der Waals surface area contributed by atoms with Gasteiger partial charge in [-0.1, -0.05) is 48.0 Å². The molecule has 1 unspecified atom stereocenters. The molecule has 1 aromatic carbocycles. The van der Waals surface area contributed by atoms with Crippen molar-refractivity contribution in [2.75, 3.05) is 6.61 Å². The van der Waals surface area contributed by atoms with Crippen molar-refractivity contribution < 1.29 is 9.90 Å². The maximum atomic E-state index is 12.9. The van der Waals surface area contributed by atoms with Crippen molar-refractivity contribution in [3.05, 3.63) is 64.9 Å². The zero-order chi connectivity index (χ0) is 16.2. The highest BCUT2D eigenvalue weighted by molar-refractivity contribution is 6.29. The molecule has 4 nitrogen and oxygen atoms in total. The van der Waals surface area contributed by atoms with Crippen LogP contribution in [0.1, 0.15) is 28.9 Å². The molecular weight excluding hydrogens is 312 g/mol. The van der Waals surface area contributed by atoms with Gasteiger partial charge in [-0.25, -0.2) is 4.98 Å². The molecule has 3 rings (SSSR count). The molecular formula is C18H19ClN2O2. The Labute approximate surface area is 140 Å². The van der Waals surface area contributed by atoms with Gasteiger partial charge >= 0.3 is 0 Å². The number of pyridine rings is 1. The Kier molecular flexibility index (Phi) is 4.94. The lowest BCUT2D eigenvalue weighted by Crippen LogP contribution is -2.43. The Balaban J connectivity index is 1.89. The average molecular weight is 331 g/mol. The van der Waals surface area contributed by atoms with Gasteiger partial charge in [0.25, 0.3) is 5.91 Å². The van der Waals surface area contributed by atoms with Crippen LogP contribution in [0.5, 0.6) is 0 Å². The van der Waals surface area contributed by atoms with Crippen LogP contribution in [0.25, 0.3) is 0 Å². The summed E-state index contributed by atoms with van der Waals surface area (Å²) >= 11 is 5.91. The van der Waals surface area contributed by atoms with Crippen LogP contribution >= 0.6 is 11.6 Å². The molecule has 2 aromatic rings. The number of aliphatic hydroxyl groups is 1. The van der Waals surface area contributed by atoms with Crippen molar-refractivity contribution >= 4 is 17.5 Å². The van der Waals surface area contributed by atoms with Crippen LogP contribution in [0.15, 0.2) is 48.5 Å². The molecule has 1 aliphatic carbocycles. The van der Waals surface area contributed by atoms with Gasteiger partial charge in [0, 0.05) is 6.54 Å². The third-order valence-electron chi connectivity index (χ3n) is 4.14. The van der Waals surface area contributed by atoms with E-state index < -0.39 is 0 Å². The fraction of sp³-hybridized carbons (Fsp3) is 0.333. The Morgan fingerprint density at radius 3 is 2.57 bits per heavy atom. The molecule has 1 saturated carbocycles. The number of nitrogens with zero attached hydrogens (tertiary/aromatic N) is 2. The summed E-state index contributed by atoms with van der Waals surface area (Å²) in [5.41, 5.74) is 1.34. The summed E-state index contributed by atoms with van der Waals surface area (Å²) in [4.78, 5) is 18.8. The second kappa shape index (κ2) is 7.11. The maximum Gasteiger partial charge on any atom is 0.273 e. The van der Waals surface area contributed by atoms with Gasteiger partial charge in [-0.05, 0) is 36.5 Å². The smallest absolute Gasteiger partial charge is 0.273 e. The number of hydrogen-bond acceptors (Lipinski definition) is 3. The van der Waals surface area contributed by atoms with Crippen LogP contribution in [0, 0.1) is 5.92 Å². The van der Waals surface area contributed by atoms with E-state index in [1.54, 1.807) is 23.1 Å². The van der Waals surface area contributed by atoms with E-state index in [4.69, 9.17) is 11.6 Å². The zero-order valence-corrected chi connectivity index (χ0v) is 13.5. The van der Waals surface area contributed by atoms with Crippen LogP contribution < -0.4 is 0 Å². The minimum absolute atomic E-state index is 0.0379. The molecule has 0 spiro atoms. The molecule has 5 heteroatoms. The number of aliphatic hydroxyl groups excluding tert-OH is 1. The van der Waals surface area contributed by atoms with Gasteiger partial charge in [0.2, 0.25) is 0 Å². The topological polar surface area (TPSA) is 53.4 Å². The van der Waals surface area contributed by atoms with Crippen molar-refractivity contribution in [3.8, 4) is 0 Å². The quantitative estimate of drug-likeness (QED) is 0.828. The Bertz CT molecular complexity index is 674. The first-order chi connectivity index (χ1) is 11.2. The van der Waals surface area contributed by atoms with Crippen LogP contribution in [0.4, 0.5) is 0 Å². The molecule has 23 heavy (non-hydrogen) atoms. The van der Waals surface area contributed by atoms with Crippen LogP contribution in [-0.4, -0.2) is 33.5 Å². The lowest BCUT2D eigenvalue weighted by atomic mass is 10.1. The van der Waals surface area contributed by atoms with Gasteiger partial charge in [0.15, 0.2) is 0 Å². The summed E-state index contributed by atoms with van der Waals surface area (Å²) in [5.74, 6) is 0.175. The van der Waals surface area contributed by atoms with Gasteiger partial charge < -0.3 is 10.0 Å². The molecule has 0 saturated heterocycles. The molecule has 1 fully saturated rings. The fourth-order valence-corrected chi connectivity index (χ4v) is 2.94. The summed E-state index contributed by atoms with van der Waals surface area (Å²) in [6.45, 7) is 0.416. The highest BCUT2D eigenvalue weighted by atomic mass is 35.5. The van der Waals surface area contributed by atoms with E-state index in [2.05, 4.69) is 4.98 Å². The lowest BCUT2D eigenvalue weighted by molar-refractivity contribution is 0.0525. The van der Waals surface area contributed by atoms with Crippen LogP contribution in [0.3, 0.4) is 0 Å². The molecule has 1 amide bonds.